The zero-order chi connectivity index (χ0) is 17.7. The van der Waals surface area contributed by atoms with Gasteiger partial charge in [-0.15, -0.1) is 0 Å². The van der Waals surface area contributed by atoms with Crippen LogP contribution in [0.2, 0.25) is 0 Å². The molecule has 1 N–H and O–H groups in total. The number of hydrogen-bond acceptors (Lipinski definition) is 3. The van der Waals surface area contributed by atoms with Gasteiger partial charge >= 0.3 is 0 Å². The highest BCUT2D eigenvalue weighted by atomic mass is 15.2. The Labute approximate surface area is 152 Å². The van der Waals surface area contributed by atoms with Crippen LogP contribution in [0, 0.1) is 0 Å². The Bertz CT molecular complexity index is 734. The number of nitrogens with zero attached hydrogens (tertiary/aromatic N) is 2. The minimum atomic E-state index is 0.255. The van der Waals surface area contributed by atoms with Crippen LogP contribution in [0.25, 0.3) is 0 Å². The van der Waals surface area contributed by atoms with Crippen molar-refractivity contribution in [2.45, 2.75) is 51.4 Å². The summed E-state index contributed by atoms with van der Waals surface area (Å²) in [5.41, 5.74) is 7.41. The lowest BCUT2D eigenvalue weighted by molar-refractivity contribution is 0.298. The van der Waals surface area contributed by atoms with Crippen LogP contribution in [-0.2, 0) is 10.8 Å². The number of hydrogen-bond donors (Lipinski definition) is 1. The average Bonchev–Trinajstić information content (AvgIpc) is 3.10. The van der Waals surface area contributed by atoms with Crippen LogP contribution in [0.5, 0.6) is 0 Å². The van der Waals surface area contributed by atoms with Crippen LogP contribution in [-0.4, -0.2) is 43.3 Å². The van der Waals surface area contributed by atoms with Gasteiger partial charge in [0.15, 0.2) is 0 Å². The van der Waals surface area contributed by atoms with Gasteiger partial charge in [0.05, 0.1) is 12.3 Å². The minimum absolute atomic E-state index is 0.255. The number of nitrogens with one attached hydrogen (secondary N) is 1. The number of fused-ring (bicyclic) bond motifs is 1. The van der Waals surface area contributed by atoms with E-state index in [9.17, 15) is 0 Å². The number of rotatable bonds is 2. The fourth-order valence-electron chi connectivity index (χ4n) is 4.48. The zero-order valence-electron chi connectivity index (χ0n) is 16.2. The predicted octanol–water partition coefficient (Wildman–Crippen LogP) is 3.63. The Balaban J connectivity index is 1.65. The van der Waals surface area contributed by atoms with Crippen LogP contribution in [0.1, 0.15) is 57.2 Å². The van der Waals surface area contributed by atoms with Crippen LogP contribution < -0.4 is 5.32 Å². The Kier molecular flexibility index (Phi) is 4.03. The summed E-state index contributed by atoms with van der Waals surface area (Å²) in [5, 5.41) is 3.43. The molecule has 4 rings (SSSR count). The largest absolute Gasteiger partial charge is 0.371 e. The van der Waals surface area contributed by atoms with E-state index in [-0.39, 0.29) is 10.8 Å². The van der Waals surface area contributed by atoms with Crippen molar-refractivity contribution in [3.8, 4) is 0 Å². The molecule has 2 heterocycles. The van der Waals surface area contributed by atoms with E-state index in [1.165, 1.54) is 35.2 Å². The van der Waals surface area contributed by atoms with Crippen molar-refractivity contribution in [1.82, 2.24) is 10.2 Å². The van der Waals surface area contributed by atoms with Crippen molar-refractivity contribution >= 4 is 5.71 Å². The van der Waals surface area contributed by atoms with Gasteiger partial charge in [0.2, 0.25) is 0 Å². The summed E-state index contributed by atoms with van der Waals surface area (Å²) in [4.78, 5) is 7.34. The van der Waals surface area contributed by atoms with Crippen molar-refractivity contribution < 1.29 is 0 Å². The Morgan fingerprint density at radius 1 is 0.960 bits per heavy atom. The van der Waals surface area contributed by atoms with E-state index in [2.05, 4.69) is 62.2 Å². The van der Waals surface area contributed by atoms with Gasteiger partial charge in [-0.05, 0) is 46.9 Å². The van der Waals surface area contributed by atoms with Gasteiger partial charge in [-0.3, -0.25) is 4.99 Å². The molecular formula is C22H31N3. The van der Waals surface area contributed by atoms with Crippen LogP contribution in [0.3, 0.4) is 0 Å². The van der Waals surface area contributed by atoms with E-state index in [1.54, 1.807) is 0 Å². The van der Waals surface area contributed by atoms with E-state index < -0.39 is 0 Å². The van der Waals surface area contributed by atoms with Gasteiger partial charge in [-0.2, -0.15) is 0 Å². The minimum Gasteiger partial charge on any atom is -0.371 e. The molecule has 1 aromatic carbocycles. The quantitative estimate of drug-likeness (QED) is 0.892. The molecule has 0 atom stereocenters. The van der Waals surface area contributed by atoms with Gasteiger partial charge in [-0.25, -0.2) is 0 Å². The molecule has 0 amide bonds. The molecule has 0 radical (unpaired) electrons. The smallest absolute Gasteiger partial charge is 0.0796 e. The summed E-state index contributed by atoms with van der Waals surface area (Å²) in [6.45, 7) is 14.7. The highest BCUT2D eigenvalue weighted by molar-refractivity contribution is 6.10. The summed E-state index contributed by atoms with van der Waals surface area (Å²) in [6.07, 6.45) is 4.83. The summed E-state index contributed by atoms with van der Waals surface area (Å²) in [7, 11) is 0. The van der Waals surface area contributed by atoms with Crippen molar-refractivity contribution in [2.75, 3.05) is 32.7 Å². The standard InChI is InChI=1S/C22H31N3/c1-21(2)7-8-22(3,4)19-13-16(5-6-18(19)21)20-14-17(15-24-20)25-11-9-23-10-12-25/h5-6,13-14,23H,7-12,15H2,1-4H3. The zero-order valence-corrected chi connectivity index (χ0v) is 16.2. The molecule has 1 fully saturated rings. The van der Waals surface area contributed by atoms with Gasteiger partial charge in [0.1, 0.15) is 0 Å². The van der Waals surface area contributed by atoms with Crippen LogP contribution in [0.15, 0.2) is 35.0 Å². The topological polar surface area (TPSA) is 27.6 Å². The first kappa shape index (κ1) is 16.8. The number of aliphatic imine (C=N–C) groups is 1. The lowest BCUT2D eigenvalue weighted by atomic mass is 9.63. The third-order valence-corrected chi connectivity index (χ3v) is 6.39. The second kappa shape index (κ2) is 5.98. The highest BCUT2D eigenvalue weighted by Gasteiger charge is 2.37. The second-order valence-corrected chi connectivity index (χ2v) is 9.10. The lowest BCUT2D eigenvalue weighted by Gasteiger charge is -2.42. The normalized spacial score (nSPS) is 24.6. The monoisotopic (exact) mass is 337 g/mol. The third kappa shape index (κ3) is 3.03. The Morgan fingerprint density at radius 3 is 2.36 bits per heavy atom. The maximum atomic E-state index is 4.86. The molecule has 3 heteroatoms. The molecule has 0 spiro atoms. The SMILES string of the molecule is CC1(C)CCC(C)(C)c2cc(C3=NCC(N4CCNCC4)=C3)ccc21. The molecule has 3 nitrogen and oxygen atoms in total. The third-order valence-electron chi connectivity index (χ3n) is 6.39. The van der Waals surface area contributed by atoms with E-state index in [1.807, 2.05) is 0 Å². The van der Waals surface area contributed by atoms with Crippen molar-refractivity contribution in [3.05, 3.63) is 46.7 Å². The molecule has 134 valence electrons. The Hall–Kier alpha value is -1.61. The van der Waals surface area contributed by atoms with E-state index >= 15 is 0 Å². The number of benzene rings is 1. The van der Waals surface area contributed by atoms with Crippen molar-refractivity contribution in [1.29, 1.82) is 0 Å². The first-order valence-electron chi connectivity index (χ1n) is 9.73. The van der Waals surface area contributed by atoms with Crippen LogP contribution in [0.4, 0.5) is 0 Å². The summed E-state index contributed by atoms with van der Waals surface area (Å²) in [5.74, 6) is 0. The van der Waals surface area contributed by atoms with Gasteiger partial charge in [0.25, 0.3) is 0 Å². The predicted molar refractivity (Wildman–Crippen MR) is 106 cm³/mol. The number of piperazine rings is 1. The van der Waals surface area contributed by atoms with Crippen molar-refractivity contribution in [3.63, 3.8) is 0 Å². The summed E-state index contributed by atoms with van der Waals surface area (Å²) in [6, 6.07) is 7.08. The average molecular weight is 338 g/mol. The molecule has 1 aliphatic carbocycles. The molecule has 0 saturated carbocycles. The lowest BCUT2D eigenvalue weighted by Crippen LogP contribution is -2.43. The number of allylic oxidation sites excluding steroid dienone is 1. The highest BCUT2D eigenvalue weighted by Crippen LogP contribution is 2.46. The molecular weight excluding hydrogens is 306 g/mol. The maximum Gasteiger partial charge on any atom is 0.0796 e. The van der Waals surface area contributed by atoms with Gasteiger partial charge in [0, 0.05) is 37.4 Å². The molecule has 2 aliphatic heterocycles. The van der Waals surface area contributed by atoms with Crippen LogP contribution >= 0.6 is 0 Å². The van der Waals surface area contributed by atoms with E-state index in [4.69, 9.17) is 4.99 Å². The second-order valence-electron chi connectivity index (χ2n) is 9.10. The molecule has 1 saturated heterocycles. The molecule has 25 heavy (non-hydrogen) atoms. The summed E-state index contributed by atoms with van der Waals surface area (Å²) < 4.78 is 0. The molecule has 3 aliphatic rings. The van der Waals surface area contributed by atoms with E-state index in [0.717, 1.165) is 38.4 Å². The fraction of sp³-hybridized carbons (Fsp3) is 0.591. The summed E-state index contributed by atoms with van der Waals surface area (Å²) >= 11 is 0. The first-order chi connectivity index (χ1) is 11.9. The molecule has 1 aromatic rings. The van der Waals surface area contributed by atoms with Crippen molar-refractivity contribution in [2.24, 2.45) is 4.99 Å². The fourth-order valence-corrected chi connectivity index (χ4v) is 4.48. The van der Waals surface area contributed by atoms with Gasteiger partial charge in [-0.1, -0.05) is 39.8 Å². The molecule has 0 bridgehead atoms. The van der Waals surface area contributed by atoms with Gasteiger partial charge < -0.3 is 10.2 Å². The molecule has 0 aromatic heterocycles. The molecule has 0 unspecified atom stereocenters. The first-order valence-corrected chi connectivity index (χ1v) is 9.73. The Morgan fingerprint density at radius 2 is 1.64 bits per heavy atom. The maximum absolute atomic E-state index is 4.86. The van der Waals surface area contributed by atoms with E-state index in [0.29, 0.717) is 0 Å².